The van der Waals surface area contributed by atoms with Crippen molar-refractivity contribution in [3.05, 3.63) is 98.9 Å². The fourth-order valence-corrected chi connectivity index (χ4v) is 3.33. The van der Waals surface area contributed by atoms with Crippen molar-refractivity contribution in [3.63, 3.8) is 0 Å². The maximum atomic E-state index is 13.6. The average Bonchev–Trinajstić information content (AvgIpc) is 2.70. The van der Waals surface area contributed by atoms with Gasteiger partial charge < -0.3 is 5.32 Å². The van der Waals surface area contributed by atoms with E-state index >= 15 is 0 Å². The van der Waals surface area contributed by atoms with E-state index in [1.807, 2.05) is 19.1 Å². The molecule has 0 spiro atoms. The van der Waals surface area contributed by atoms with Crippen LogP contribution in [0, 0.1) is 11.6 Å². The number of nitrogens with zero attached hydrogens (tertiary/aromatic N) is 3. The van der Waals surface area contributed by atoms with Crippen LogP contribution in [-0.4, -0.2) is 14.5 Å². The molecular weight excluding hydrogens is 410 g/mol. The van der Waals surface area contributed by atoms with Gasteiger partial charge in [-0.3, -0.25) is 9.36 Å². The van der Waals surface area contributed by atoms with E-state index in [0.717, 1.165) is 11.6 Å². The number of pyridine rings is 1. The molecule has 0 amide bonds. The van der Waals surface area contributed by atoms with Crippen molar-refractivity contribution in [3.8, 4) is 0 Å². The maximum Gasteiger partial charge on any atom is 0.252 e. The number of aromatic nitrogens is 3. The van der Waals surface area contributed by atoms with E-state index in [1.54, 1.807) is 24.4 Å². The van der Waals surface area contributed by atoms with Gasteiger partial charge in [-0.2, -0.15) is 4.98 Å². The summed E-state index contributed by atoms with van der Waals surface area (Å²) in [6.07, 6.45) is 1.60. The normalized spacial score (nSPS) is 12.1. The third kappa shape index (κ3) is 4.31. The summed E-state index contributed by atoms with van der Waals surface area (Å²) < 4.78 is 28.5. The number of fused-ring (bicyclic) bond motifs is 1. The summed E-state index contributed by atoms with van der Waals surface area (Å²) in [6, 6.07) is 13.5. The second-order valence-electron chi connectivity index (χ2n) is 6.93. The third-order valence-electron chi connectivity index (χ3n) is 4.70. The van der Waals surface area contributed by atoms with Crippen LogP contribution >= 0.6 is 11.6 Å². The molecule has 0 unspecified atom stereocenters. The van der Waals surface area contributed by atoms with Gasteiger partial charge in [0.1, 0.15) is 17.3 Å². The Morgan fingerprint density at radius 3 is 2.47 bits per heavy atom. The van der Waals surface area contributed by atoms with Gasteiger partial charge >= 0.3 is 0 Å². The van der Waals surface area contributed by atoms with E-state index in [2.05, 4.69) is 15.3 Å². The Morgan fingerprint density at radius 1 is 1.07 bits per heavy atom. The molecule has 0 fully saturated rings. The van der Waals surface area contributed by atoms with Gasteiger partial charge in [0.15, 0.2) is 0 Å². The predicted molar refractivity (Wildman–Crippen MR) is 113 cm³/mol. The Kier molecular flexibility index (Phi) is 5.46. The standard InChI is InChI=1S/C22H17ClF2N4O/c1-13(15-2-5-17(23)6-3-15)27-22-26-11-16-4-7-20(30)29(21(16)28-22)12-14-8-18(24)10-19(25)9-14/h2-11,13H,12H2,1H3,(H,26,27,28)/t13-/m0/s1. The molecule has 152 valence electrons. The third-order valence-corrected chi connectivity index (χ3v) is 4.95. The number of halogens is 3. The molecule has 1 N–H and O–H groups in total. The van der Waals surface area contributed by atoms with Crippen molar-refractivity contribution in [2.24, 2.45) is 0 Å². The highest BCUT2D eigenvalue weighted by molar-refractivity contribution is 6.30. The van der Waals surface area contributed by atoms with Gasteiger partial charge in [0.25, 0.3) is 5.56 Å². The molecule has 2 heterocycles. The Labute approximate surface area is 176 Å². The van der Waals surface area contributed by atoms with E-state index in [0.29, 0.717) is 27.6 Å². The highest BCUT2D eigenvalue weighted by Gasteiger charge is 2.12. The van der Waals surface area contributed by atoms with Crippen molar-refractivity contribution in [2.75, 3.05) is 5.32 Å². The van der Waals surface area contributed by atoms with Crippen molar-refractivity contribution < 1.29 is 8.78 Å². The first-order valence-corrected chi connectivity index (χ1v) is 9.60. The number of hydrogen-bond donors (Lipinski definition) is 1. The lowest BCUT2D eigenvalue weighted by molar-refractivity contribution is 0.577. The van der Waals surface area contributed by atoms with E-state index in [-0.39, 0.29) is 18.1 Å². The number of hydrogen-bond acceptors (Lipinski definition) is 4. The molecule has 2 aromatic carbocycles. The summed E-state index contributed by atoms with van der Waals surface area (Å²) in [5.74, 6) is -1.08. The first kappa shape index (κ1) is 20.0. The largest absolute Gasteiger partial charge is 0.348 e. The van der Waals surface area contributed by atoms with Crippen molar-refractivity contribution in [1.29, 1.82) is 0 Å². The molecule has 2 aromatic heterocycles. The smallest absolute Gasteiger partial charge is 0.252 e. The fraction of sp³-hybridized carbons (Fsp3) is 0.136. The molecule has 4 rings (SSSR count). The van der Waals surface area contributed by atoms with Gasteiger partial charge in [0.2, 0.25) is 5.95 Å². The van der Waals surface area contributed by atoms with E-state index in [1.165, 1.54) is 22.8 Å². The lowest BCUT2D eigenvalue weighted by atomic mass is 10.1. The maximum absolute atomic E-state index is 13.6. The summed E-state index contributed by atoms with van der Waals surface area (Å²) in [7, 11) is 0. The Hall–Kier alpha value is -3.32. The van der Waals surface area contributed by atoms with Crippen LogP contribution in [0.15, 0.2) is 65.6 Å². The van der Waals surface area contributed by atoms with E-state index in [9.17, 15) is 13.6 Å². The number of benzene rings is 2. The fourth-order valence-electron chi connectivity index (χ4n) is 3.21. The van der Waals surface area contributed by atoms with Crippen LogP contribution in [0.25, 0.3) is 11.0 Å². The minimum absolute atomic E-state index is 0.0198. The molecule has 0 saturated heterocycles. The minimum atomic E-state index is -0.702. The minimum Gasteiger partial charge on any atom is -0.348 e. The zero-order valence-electron chi connectivity index (χ0n) is 15.9. The van der Waals surface area contributed by atoms with Gasteiger partial charge in [0, 0.05) is 28.7 Å². The van der Waals surface area contributed by atoms with Gasteiger partial charge in [-0.25, -0.2) is 13.8 Å². The molecule has 4 aromatic rings. The summed E-state index contributed by atoms with van der Waals surface area (Å²) in [4.78, 5) is 21.3. The molecule has 0 aliphatic heterocycles. The zero-order chi connectivity index (χ0) is 21.3. The van der Waals surface area contributed by atoms with Gasteiger partial charge in [-0.05, 0) is 48.4 Å². The van der Waals surface area contributed by atoms with E-state index in [4.69, 9.17) is 11.6 Å². The SMILES string of the molecule is C[C@H](Nc1ncc2ccc(=O)n(Cc3cc(F)cc(F)c3)c2n1)c1ccc(Cl)cc1. The molecule has 0 saturated carbocycles. The van der Waals surface area contributed by atoms with Crippen molar-refractivity contribution >= 4 is 28.6 Å². The van der Waals surface area contributed by atoms with Gasteiger partial charge in [0.05, 0.1) is 12.6 Å². The lowest BCUT2D eigenvalue weighted by Gasteiger charge is -2.15. The topological polar surface area (TPSA) is 59.8 Å². The average molecular weight is 427 g/mol. The van der Waals surface area contributed by atoms with Crippen LogP contribution in [0.5, 0.6) is 0 Å². The highest BCUT2D eigenvalue weighted by atomic mass is 35.5. The van der Waals surface area contributed by atoms with E-state index < -0.39 is 11.6 Å². The van der Waals surface area contributed by atoms with Crippen molar-refractivity contribution in [1.82, 2.24) is 14.5 Å². The van der Waals surface area contributed by atoms with Crippen LogP contribution in [0.2, 0.25) is 5.02 Å². The molecule has 8 heteroatoms. The molecule has 0 radical (unpaired) electrons. The summed E-state index contributed by atoms with van der Waals surface area (Å²) in [6.45, 7) is 1.93. The molecule has 30 heavy (non-hydrogen) atoms. The first-order chi connectivity index (χ1) is 14.4. The Morgan fingerprint density at radius 2 is 1.77 bits per heavy atom. The monoisotopic (exact) mass is 426 g/mol. The molecule has 5 nitrogen and oxygen atoms in total. The summed E-state index contributed by atoms with van der Waals surface area (Å²) >= 11 is 5.94. The Bertz CT molecular complexity index is 1250. The summed E-state index contributed by atoms with van der Waals surface area (Å²) in [5, 5.41) is 4.48. The second-order valence-corrected chi connectivity index (χ2v) is 7.36. The first-order valence-electron chi connectivity index (χ1n) is 9.22. The van der Waals surface area contributed by atoms with Gasteiger partial charge in [-0.15, -0.1) is 0 Å². The van der Waals surface area contributed by atoms with Crippen LogP contribution in [-0.2, 0) is 6.54 Å². The van der Waals surface area contributed by atoms with Crippen LogP contribution in [0.3, 0.4) is 0 Å². The molecule has 0 aliphatic rings. The predicted octanol–water partition coefficient (Wildman–Crippen LogP) is 4.94. The lowest BCUT2D eigenvalue weighted by Crippen LogP contribution is -2.21. The molecular formula is C22H17ClF2N4O. The van der Waals surface area contributed by atoms with Crippen LogP contribution in [0.4, 0.5) is 14.7 Å². The van der Waals surface area contributed by atoms with Gasteiger partial charge in [-0.1, -0.05) is 23.7 Å². The number of nitrogens with one attached hydrogen (secondary N) is 1. The number of rotatable bonds is 5. The van der Waals surface area contributed by atoms with Crippen molar-refractivity contribution in [2.45, 2.75) is 19.5 Å². The highest BCUT2D eigenvalue weighted by Crippen LogP contribution is 2.20. The number of anilines is 1. The van der Waals surface area contributed by atoms with Crippen LogP contribution < -0.4 is 10.9 Å². The molecule has 0 aliphatic carbocycles. The van der Waals surface area contributed by atoms with Crippen LogP contribution in [0.1, 0.15) is 24.1 Å². The molecule has 0 bridgehead atoms. The zero-order valence-corrected chi connectivity index (χ0v) is 16.7. The summed E-state index contributed by atoms with van der Waals surface area (Å²) in [5.41, 5.74) is 1.35. The molecule has 1 atom stereocenters. The Balaban J connectivity index is 1.69. The second kappa shape index (κ2) is 8.20. The quantitative estimate of drug-likeness (QED) is 0.491.